The minimum Gasteiger partial charge on any atom is -0.466 e. The first-order valence-electron chi connectivity index (χ1n) is 10.2. The Hall–Kier alpha value is -4.25. The van der Waals surface area contributed by atoms with Crippen LogP contribution in [0.4, 0.5) is 0 Å². The lowest BCUT2D eigenvalue weighted by molar-refractivity contribution is -0.136. The van der Waals surface area contributed by atoms with Crippen LogP contribution in [0, 0.1) is 0 Å². The third-order valence-electron chi connectivity index (χ3n) is 5.96. The molecular weight excluding hydrogens is 402 g/mol. The monoisotopic (exact) mass is 421 g/mol. The van der Waals surface area contributed by atoms with Gasteiger partial charge in [0.05, 0.1) is 18.7 Å². The van der Waals surface area contributed by atoms with Gasteiger partial charge < -0.3 is 4.74 Å². The van der Waals surface area contributed by atoms with Gasteiger partial charge in [-0.15, -0.1) is 0 Å². The molecule has 5 heteroatoms. The maximum atomic E-state index is 13.7. The second-order valence-electron chi connectivity index (χ2n) is 7.68. The summed E-state index contributed by atoms with van der Waals surface area (Å²) in [5.74, 6) is -1.62. The number of rotatable bonds is 4. The van der Waals surface area contributed by atoms with E-state index in [0.717, 1.165) is 21.1 Å². The Labute approximate surface area is 184 Å². The summed E-state index contributed by atoms with van der Waals surface area (Å²) in [6, 6.07) is 22.9. The summed E-state index contributed by atoms with van der Waals surface area (Å²) in [6.45, 7) is 3.94. The van der Waals surface area contributed by atoms with Crippen molar-refractivity contribution < 1.29 is 19.1 Å². The van der Waals surface area contributed by atoms with Crippen molar-refractivity contribution >= 4 is 39.3 Å². The highest BCUT2D eigenvalue weighted by Gasteiger charge is 2.41. The highest BCUT2D eigenvalue weighted by Crippen LogP contribution is 2.39. The minimum absolute atomic E-state index is 0.0112. The number of amides is 2. The van der Waals surface area contributed by atoms with Gasteiger partial charge in [0.25, 0.3) is 11.8 Å². The van der Waals surface area contributed by atoms with Crippen LogP contribution in [0.3, 0.4) is 0 Å². The molecule has 4 aromatic carbocycles. The van der Waals surface area contributed by atoms with E-state index in [0.29, 0.717) is 22.1 Å². The summed E-state index contributed by atoms with van der Waals surface area (Å²) in [4.78, 5) is 41.1. The number of ether oxygens (including phenoxy) is 1. The number of benzene rings is 4. The molecule has 32 heavy (non-hydrogen) atoms. The van der Waals surface area contributed by atoms with Gasteiger partial charge in [0.2, 0.25) is 0 Å². The largest absolute Gasteiger partial charge is 0.466 e. The van der Waals surface area contributed by atoms with Crippen molar-refractivity contribution in [1.29, 1.82) is 0 Å². The van der Waals surface area contributed by atoms with Gasteiger partial charge in [-0.2, -0.15) is 0 Å². The molecule has 0 aliphatic carbocycles. The third-order valence-corrected chi connectivity index (χ3v) is 5.96. The Bertz CT molecular complexity index is 1400. The smallest absolute Gasteiger partial charge is 0.335 e. The molecule has 0 unspecified atom stereocenters. The average molecular weight is 421 g/mol. The number of fused-ring (bicyclic) bond motifs is 1. The zero-order chi connectivity index (χ0) is 22.4. The molecule has 0 N–H and O–H groups in total. The van der Waals surface area contributed by atoms with Crippen LogP contribution in [0.5, 0.6) is 0 Å². The average Bonchev–Trinajstić information content (AvgIpc) is 2.84. The van der Waals surface area contributed by atoms with Crippen LogP contribution in [0.25, 0.3) is 21.5 Å². The Morgan fingerprint density at radius 3 is 2.03 bits per heavy atom. The Kier molecular flexibility index (Phi) is 4.59. The first-order valence-corrected chi connectivity index (χ1v) is 10.2. The maximum absolute atomic E-state index is 13.7. The normalized spacial score (nSPS) is 14.0. The van der Waals surface area contributed by atoms with Gasteiger partial charge in [0.1, 0.15) is 0 Å². The molecule has 2 amide bonds. The van der Waals surface area contributed by atoms with E-state index < -0.39 is 23.8 Å². The van der Waals surface area contributed by atoms with Crippen molar-refractivity contribution in [1.82, 2.24) is 4.90 Å². The van der Waals surface area contributed by atoms with E-state index >= 15 is 0 Å². The zero-order valence-corrected chi connectivity index (χ0v) is 17.4. The highest BCUT2D eigenvalue weighted by molar-refractivity contribution is 6.26. The van der Waals surface area contributed by atoms with Crippen LogP contribution >= 0.6 is 0 Å². The Balaban J connectivity index is 1.77. The molecule has 1 aliphatic rings. The van der Waals surface area contributed by atoms with E-state index in [9.17, 15) is 14.4 Å². The Morgan fingerprint density at radius 1 is 0.812 bits per heavy atom. The first-order chi connectivity index (χ1) is 15.5. The molecule has 0 saturated carbocycles. The number of carbonyl (C=O) groups excluding carboxylic acids is 3. The molecule has 0 spiro atoms. The number of hydrogen-bond acceptors (Lipinski definition) is 4. The second-order valence-corrected chi connectivity index (χ2v) is 7.68. The summed E-state index contributed by atoms with van der Waals surface area (Å²) in [5.41, 5.74) is 1.48. The molecular formula is C27H19NO4. The van der Waals surface area contributed by atoms with E-state index in [1.807, 2.05) is 54.6 Å². The van der Waals surface area contributed by atoms with Gasteiger partial charge in [-0.05, 0) is 33.9 Å². The molecule has 0 aromatic heterocycles. The van der Waals surface area contributed by atoms with Crippen molar-refractivity contribution in [3.8, 4) is 0 Å². The lowest BCUT2D eigenvalue weighted by atomic mass is 9.88. The summed E-state index contributed by atoms with van der Waals surface area (Å²) in [7, 11) is 1.25. The van der Waals surface area contributed by atoms with Crippen LogP contribution in [0.2, 0.25) is 0 Å². The van der Waals surface area contributed by atoms with Crippen molar-refractivity contribution in [2.75, 3.05) is 7.11 Å². The van der Waals surface area contributed by atoms with Gasteiger partial charge >= 0.3 is 5.97 Å². The summed E-state index contributed by atoms with van der Waals surface area (Å²) in [6.07, 6.45) is 0. The Morgan fingerprint density at radius 2 is 1.38 bits per heavy atom. The first kappa shape index (κ1) is 19.7. The van der Waals surface area contributed by atoms with Crippen LogP contribution in [-0.4, -0.2) is 29.8 Å². The predicted molar refractivity (Wildman–Crippen MR) is 122 cm³/mol. The zero-order valence-electron chi connectivity index (χ0n) is 17.4. The molecule has 1 atom stereocenters. The molecule has 0 saturated heterocycles. The molecule has 5 rings (SSSR count). The van der Waals surface area contributed by atoms with Crippen molar-refractivity contribution in [3.63, 3.8) is 0 Å². The second kappa shape index (κ2) is 7.46. The summed E-state index contributed by atoms with van der Waals surface area (Å²) >= 11 is 0. The molecule has 0 radical (unpaired) electrons. The van der Waals surface area contributed by atoms with E-state index in [1.54, 1.807) is 24.3 Å². The van der Waals surface area contributed by atoms with Crippen molar-refractivity contribution in [2.45, 2.75) is 6.04 Å². The molecule has 4 aromatic rings. The molecule has 5 nitrogen and oxygen atoms in total. The van der Waals surface area contributed by atoms with Crippen LogP contribution < -0.4 is 0 Å². The number of nitrogens with zero attached hydrogens (tertiary/aromatic N) is 1. The van der Waals surface area contributed by atoms with Crippen molar-refractivity contribution in [2.24, 2.45) is 0 Å². The maximum Gasteiger partial charge on any atom is 0.335 e. The highest BCUT2D eigenvalue weighted by atomic mass is 16.5. The number of hydrogen-bond donors (Lipinski definition) is 0. The summed E-state index contributed by atoms with van der Waals surface area (Å²) in [5, 5.41) is 3.19. The van der Waals surface area contributed by atoms with Gasteiger partial charge in [0, 0.05) is 16.5 Å². The quantitative estimate of drug-likeness (QED) is 0.263. The topological polar surface area (TPSA) is 63.7 Å². The van der Waals surface area contributed by atoms with Crippen molar-refractivity contribution in [3.05, 3.63) is 108 Å². The standard InChI is InChI=1S/C27H19NO4/c1-16(27(31)32-2)24(20-13-5-9-17-8-3-4-12-19(17)20)28-25(29)21-14-6-10-18-11-7-15-22(23(18)21)26(28)30/h3-15,24H,1H2,2H3/t24-/m1/s1. The molecule has 156 valence electrons. The summed E-state index contributed by atoms with van der Waals surface area (Å²) < 4.78 is 4.93. The van der Waals surface area contributed by atoms with Gasteiger partial charge in [-0.1, -0.05) is 73.3 Å². The van der Waals surface area contributed by atoms with E-state index in [1.165, 1.54) is 7.11 Å². The lowest BCUT2D eigenvalue weighted by Gasteiger charge is -2.35. The fraction of sp³-hybridized carbons (Fsp3) is 0.0741. The van der Waals surface area contributed by atoms with E-state index in [4.69, 9.17) is 4.74 Å². The minimum atomic E-state index is -1.02. The predicted octanol–water partition coefficient (Wildman–Crippen LogP) is 5.06. The number of imide groups is 1. The third kappa shape index (κ3) is 2.82. The van der Waals surface area contributed by atoms with Gasteiger partial charge in [-0.25, -0.2) is 4.79 Å². The number of carbonyl (C=O) groups is 3. The number of methoxy groups -OCH3 is 1. The van der Waals surface area contributed by atoms with Crippen LogP contribution in [-0.2, 0) is 9.53 Å². The molecule has 0 bridgehead atoms. The molecule has 0 fully saturated rings. The SMILES string of the molecule is C=C(C(=O)OC)[C@H](c1cccc2ccccc12)N1C(=O)c2cccc3cccc(c23)C1=O. The fourth-order valence-corrected chi connectivity index (χ4v) is 4.50. The van der Waals surface area contributed by atoms with E-state index in [2.05, 4.69) is 6.58 Å². The molecule has 1 heterocycles. The lowest BCUT2D eigenvalue weighted by Crippen LogP contribution is -2.44. The number of esters is 1. The van der Waals surface area contributed by atoms with Gasteiger partial charge in [0.15, 0.2) is 0 Å². The fourth-order valence-electron chi connectivity index (χ4n) is 4.50. The van der Waals surface area contributed by atoms with Gasteiger partial charge in [-0.3, -0.25) is 14.5 Å². The van der Waals surface area contributed by atoms with Crippen LogP contribution in [0.1, 0.15) is 32.3 Å². The molecule has 1 aliphatic heterocycles. The van der Waals surface area contributed by atoms with E-state index in [-0.39, 0.29) is 5.57 Å². The van der Waals surface area contributed by atoms with Crippen LogP contribution in [0.15, 0.2) is 91.0 Å².